The molecule has 3 aromatic rings. The van der Waals surface area contributed by atoms with Crippen LogP contribution in [0.4, 0.5) is 14.6 Å². The monoisotopic (exact) mass is 399 g/mol. The van der Waals surface area contributed by atoms with E-state index in [1.807, 2.05) is 0 Å². The lowest BCUT2D eigenvalue weighted by Crippen LogP contribution is -2.46. The van der Waals surface area contributed by atoms with Crippen LogP contribution in [0.25, 0.3) is 0 Å². The van der Waals surface area contributed by atoms with Gasteiger partial charge in [-0.1, -0.05) is 30.3 Å². The number of ether oxygens (including phenoxy) is 1. The van der Waals surface area contributed by atoms with Gasteiger partial charge in [0.15, 0.2) is 17.5 Å². The third kappa shape index (κ3) is 4.33. The van der Waals surface area contributed by atoms with Crippen molar-refractivity contribution in [1.82, 2.24) is 9.78 Å². The van der Waals surface area contributed by atoms with Crippen LogP contribution in [0.1, 0.15) is 16.7 Å². The summed E-state index contributed by atoms with van der Waals surface area (Å²) in [6.07, 6.45) is 1.80. The highest BCUT2D eigenvalue weighted by Gasteiger charge is 2.37. The van der Waals surface area contributed by atoms with Gasteiger partial charge in [0, 0.05) is 12.3 Å². The van der Waals surface area contributed by atoms with E-state index < -0.39 is 17.2 Å². The summed E-state index contributed by atoms with van der Waals surface area (Å²) >= 11 is 0. The van der Waals surface area contributed by atoms with E-state index in [-0.39, 0.29) is 32.1 Å². The summed E-state index contributed by atoms with van der Waals surface area (Å²) in [5.74, 6) is -1.67. The normalized spacial score (nSPS) is 15.0. The molecule has 0 bridgehead atoms. The van der Waals surface area contributed by atoms with E-state index in [0.29, 0.717) is 11.4 Å². The Morgan fingerprint density at radius 3 is 2.48 bits per heavy atom. The third-order valence-electron chi connectivity index (χ3n) is 4.77. The molecule has 0 spiro atoms. The molecule has 1 aromatic heterocycles. The van der Waals surface area contributed by atoms with Crippen molar-refractivity contribution >= 4 is 11.7 Å². The van der Waals surface area contributed by atoms with Crippen LogP contribution in [0.2, 0.25) is 0 Å². The maximum atomic E-state index is 13.3. The molecule has 0 aliphatic carbocycles. The van der Waals surface area contributed by atoms with Crippen LogP contribution in [-0.2, 0) is 28.1 Å². The number of carbonyl (C=O) groups excluding carboxylic acids is 1. The molecular formula is C21H19F2N3O3. The van der Waals surface area contributed by atoms with Crippen LogP contribution in [-0.4, -0.2) is 34.0 Å². The molecule has 4 rings (SSSR count). The van der Waals surface area contributed by atoms with Gasteiger partial charge in [-0.25, -0.2) is 8.78 Å². The molecule has 0 saturated carbocycles. The first kappa shape index (κ1) is 19.2. The number of rotatable bonds is 6. The van der Waals surface area contributed by atoms with E-state index in [9.17, 15) is 18.7 Å². The van der Waals surface area contributed by atoms with Gasteiger partial charge in [-0.3, -0.25) is 9.48 Å². The van der Waals surface area contributed by atoms with Crippen molar-refractivity contribution in [2.24, 2.45) is 0 Å². The van der Waals surface area contributed by atoms with E-state index in [1.54, 1.807) is 36.5 Å². The molecule has 1 aliphatic rings. The fourth-order valence-corrected chi connectivity index (χ4v) is 3.11. The topological polar surface area (TPSA) is 76.4 Å². The van der Waals surface area contributed by atoms with Crippen LogP contribution < -0.4 is 5.32 Å². The summed E-state index contributed by atoms with van der Waals surface area (Å²) < 4.78 is 32.9. The summed E-state index contributed by atoms with van der Waals surface area (Å²) in [6, 6.07) is 12.5. The molecule has 2 heterocycles. The highest BCUT2D eigenvalue weighted by molar-refractivity contribution is 5.91. The Kier molecular flexibility index (Phi) is 5.12. The first-order chi connectivity index (χ1) is 13.9. The largest absolute Gasteiger partial charge is 0.380 e. The molecule has 29 heavy (non-hydrogen) atoms. The van der Waals surface area contributed by atoms with Gasteiger partial charge in [0.05, 0.1) is 26.2 Å². The van der Waals surface area contributed by atoms with Crippen LogP contribution >= 0.6 is 0 Å². The van der Waals surface area contributed by atoms with E-state index in [1.165, 1.54) is 10.7 Å². The van der Waals surface area contributed by atoms with Crippen LogP contribution in [0, 0.1) is 11.6 Å². The van der Waals surface area contributed by atoms with Gasteiger partial charge < -0.3 is 15.2 Å². The number of nitrogens with one attached hydrogen (secondary N) is 1. The predicted molar refractivity (Wildman–Crippen MR) is 101 cm³/mol. The van der Waals surface area contributed by atoms with Crippen molar-refractivity contribution in [1.29, 1.82) is 0 Å². The molecule has 2 aromatic carbocycles. The van der Waals surface area contributed by atoms with E-state index >= 15 is 0 Å². The lowest BCUT2D eigenvalue weighted by molar-refractivity contribution is -0.184. The Morgan fingerprint density at radius 1 is 1.10 bits per heavy atom. The number of hydrogen-bond donors (Lipinski definition) is 2. The second kappa shape index (κ2) is 7.73. The summed E-state index contributed by atoms with van der Waals surface area (Å²) in [6.45, 7) is 0.807. The van der Waals surface area contributed by atoms with E-state index in [0.717, 1.165) is 23.3 Å². The fraction of sp³-hybridized carbons (Fsp3) is 0.238. The highest BCUT2D eigenvalue weighted by atomic mass is 19.2. The summed E-state index contributed by atoms with van der Waals surface area (Å²) in [5.41, 5.74) is 1.20. The van der Waals surface area contributed by atoms with Gasteiger partial charge in [0.2, 0.25) is 5.91 Å². The van der Waals surface area contributed by atoms with Gasteiger partial charge in [-0.15, -0.1) is 0 Å². The average molecular weight is 399 g/mol. The minimum absolute atomic E-state index is 0.158. The zero-order chi connectivity index (χ0) is 20.4. The zero-order valence-corrected chi connectivity index (χ0v) is 15.4. The summed E-state index contributed by atoms with van der Waals surface area (Å²) in [5, 5.41) is 17.2. The molecule has 8 heteroatoms. The molecule has 1 aliphatic heterocycles. The molecule has 1 fully saturated rings. The van der Waals surface area contributed by atoms with E-state index in [4.69, 9.17) is 4.74 Å². The first-order valence-electron chi connectivity index (χ1n) is 9.08. The van der Waals surface area contributed by atoms with Crippen LogP contribution in [0.15, 0.2) is 54.7 Å². The standard InChI is InChI=1S/C21H19F2N3O3/c22-17-6-3-15(9-18(17)23)11-26-8-7-19(25-26)24-20(27)10-14-1-4-16(5-2-14)21(28)12-29-13-21/h1-9,28H,10-13H2,(H,24,25,27). The van der Waals surface area contributed by atoms with Crippen molar-refractivity contribution < 1.29 is 23.4 Å². The Morgan fingerprint density at radius 2 is 1.83 bits per heavy atom. The Hall–Kier alpha value is -3.10. The van der Waals surface area contributed by atoms with Crippen molar-refractivity contribution in [3.63, 3.8) is 0 Å². The van der Waals surface area contributed by atoms with Gasteiger partial charge >= 0.3 is 0 Å². The lowest BCUT2D eigenvalue weighted by atomic mass is 9.91. The van der Waals surface area contributed by atoms with Crippen molar-refractivity contribution in [2.75, 3.05) is 18.5 Å². The zero-order valence-electron chi connectivity index (χ0n) is 15.4. The van der Waals surface area contributed by atoms with Gasteiger partial charge in [0.25, 0.3) is 0 Å². The van der Waals surface area contributed by atoms with Crippen molar-refractivity contribution in [3.8, 4) is 0 Å². The number of aromatic nitrogens is 2. The fourth-order valence-electron chi connectivity index (χ4n) is 3.11. The number of benzene rings is 2. The predicted octanol–water partition coefficient (Wildman–Crippen LogP) is 2.61. The van der Waals surface area contributed by atoms with Crippen molar-refractivity contribution in [3.05, 3.63) is 83.1 Å². The van der Waals surface area contributed by atoms with Crippen molar-refractivity contribution in [2.45, 2.75) is 18.6 Å². The highest BCUT2D eigenvalue weighted by Crippen LogP contribution is 2.29. The molecule has 1 amide bonds. The van der Waals surface area contributed by atoms with Crippen LogP contribution in [0.5, 0.6) is 0 Å². The van der Waals surface area contributed by atoms with Gasteiger partial charge in [0.1, 0.15) is 5.60 Å². The molecule has 1 saturated heterocycles. The molecular weight excluding hydrogens is 380 g/mol. The second-order valence-corrected chi connectivity index (χ2v) is 7.09. The molecule has 0 atom stereocenters. The average Bonchev–Trinajstić information content (AvgIpc) is 3.10. The number of hydrogen-bond acceptors (Lipinski definition) is 4. The molecule has 150 valence electrons. The van der Waals surface area contributed by atoms with E-state index in [2.05, 4.69) is 10.4 Å². The minimum Gasteiger partial charge on any atom is -0.380 e. The smallest absolute Gasteiger partial charge is 0.229 e. The second-order valence-electron chi connectivity index (χ2n) is 7.09. The van der Waals surface area contributed by atoms with Gasteiger partial charge in [-0.05, 0) is 28.8 Å². The minimum atomic E-state index is -0.930. The summed E-state index contributed by atoms with van der Waals surface area (Å²) in [7, 11) is 0. The number of halogens is 2. The van der Waals surface area contributed by atoms with Gasteiger partial charge in [-0.2, -0.15) is 5.10 Å². The number of amides is 1. The quantitative estimate of drug-likeness (QED) is 0.668. The maximum Gasteiger partial charge on any atom is 0.229 e. The number of anilines is 1. The molecule has 2 N–H and O–H groups in total. The SMILES string of the molecule is O=C(Cc1ccc(C2(O)COC2)cc1)Nc1ccn(Cc2ccc(F)c(F)c2)n1. The Bertz CT molecular complexity index is 1030. The third-order valence-corrected chi connectivity index (χ3v) is 4.77. The number of aliphatic hydroxyl groups is 1. The first-order valence-corrected chi connectivity index (χ1v) is 9.08. The maximum absolute atomic E-state index is 13.3. The molecule has 6 nitrogen and oxygen atoms in total. The number of carbonyl (C=O) groups is 1. The Labute approximate surface area is 165 Å². The molecule has 0 unspecified atom stereocenters. The number of nitrogens with zero attached hydrogens (tertiary/aromatic N) is 2. The van der Waals surface area contributed by atoms with Crippen LogP contribution in [0.3, 0.4) is 0 Å². The lowest BCUT2D eigenvalue weighted by Gasteiger charge is -2.36. The summed E-state index contributed by atoms with van der Waals surface area (Å²) in [4.78, 5) is 12.3. The Balaban J connectivity index is 1.33. The molecule has 0 radical (unpaired) electrons.